The van der Waals surface area contributed by atoms with E-state index in [1.54, 1.807) is 10.9 Å². The molecule has 1 heterocycles. The Morgan fingerprint density at radius 2 is 1.92 bits per heavy atom. The lowest BCUT2D eigenvalue weighted by molar-refractivity contribution is -0.137. The van der Waals surface area contributed by atoms with Crippen molar-refractivity contribution in [3.63, 3.8) is 0 Å². The molecule has 10 heteroatoms. The minimum atomic E-state index is -0.715. The molecule has 0 aromatic carbocycles. The first-order valence-electron chi connectivity index (χ1n) is 13.9. The summed E-state index contributed by atoms with van der Waals surface area (Å²) < 4.78 is 13.2. The molecule has 4 saturated carbocycles. The highest BCUT2D eigenvalue weighted by atomic mass is 16.6. The fraction of sp³-hybridized carbons (Fsp3) is 0.714. The van der Waals surface area contributed by atoms with Gasteiger partial charge >= 0.3 is 6.09 Å². The van der Waals surface area contributed by atoms with Crippen LogP contribution in [-0.4, -0.2) is 51.5 Å². The Balaban J connectivity index is 1.50. The van der Waals surface area contributed by atoms with Gasteiger partial charge < -0.3 is 25.8 Å². The van der Waals surface area contributed by atoms with Gasteiger partial charge in [0.15, 0.2) is 0 Å². The van der Waals surface area contributed by atoms with Crippen molar-refractivity contribution in [3.8, 4) is 5.88 Å². The number of rotatable bonds is 11. The number of hydrogen-bond donors (Lipinski definition) is 3. The topological polar surface area (TPSA) is 138 Å². The second kappa shape index (κ2) is 11.0. The lowest BCUT2D eigenvalue weighted by Gasteiger charge is -2.58. The lowest BCUT2D eigenvalue weighted by atomic mass is 9.52. The third kappa shape index (κ3) is 6.32. The van der Waals surface area contributed by atoms with Crippen molar-refractivity contribution in [2.75, 3.05) is 6.61 Å². The molecule has 5 rings (SSSR count). The van der Waals surface area contributed by atoms with Crippen LogP contribution in [0, 0.1) is 23.7 Å². The van der Waals surface area contributed by atoms with Gasteiger partial charge in [-0.15, -0.1) is 0 Å². The number of carbonyl (C=O) groups is 3. The third-order valence-electron chi connectivity index (χ3n) is 7.95. The number of aromatic nitrogens is 2. The molecule has 4 fully saturated rings. The molecule has 4 N–H and O–H groups in total. The van der Waals surface area contributed by atoms with E-state index in [0.29, 0.717) is 30.4 Å². The number of ether oxygens (including phenoxy) is 2. The predicted octanol–water partition coefficient (Wildman–Crippen LogP) is 3.86. The minimum absolute atomic E-state index is 0.00760. The van der Waals surface area contributed by atoms with E-state index in [1.807, 2.05) is 40.7 Å². The maximum absolute atomic E-state index is 13.6. The molecule has 1 aromatic heterocycles. The van der Waals surface area contributed by atoms with Gasteiger partial charge in [0.25, 0.3) is 5.91 Å². The van der Waals surface area contributed by atoms with Gasteiger partial charge in [-0.05, 0) is 82.1 Å². The van der Waals surface area contributed by atoms with Gasteiger partial charge in [0.1, 0.15) is 11.2 Å². The van der Waals surface area contributed by atoms with Crippen LogP contribution in [0.1, 0.15) is 89.9 Å². The first-order valence-corrected chi connectivity index (χ1v) is 13.9. The average molecular weight is 530 g/mol. The van der Waals surface area contributed by atoms with Crippen LogP contribution in [0.15, 0.2) is 12.3 Å². The summed E-state index contributed by atoms with van der Waals surface area (Å²) in [6.07, 6.45) is 9.98. The Morgan fingerprint density at radius 3 is 2.53 bits per heavy atom. The summed E-state index contributed by atoms with van der Waals surface area (Å²) in [5, 5.41) is 10.7. The van der Waals surface area contributed by atoms with Gasteiger partial charge in [0, 0.05) is 18.7 Å². The van der Waals surface area contributed by atoms with E-state index in [0.717, 1.165) is 38.5 Å². The first-order chi connectivity index (χ1) is 17.9. The molecule has 2 atom stereocenters. The van der Waals surface area contributed by atoms with Crippen LogP contribution >= 0.6 is 0 Å². The summed E-state index contributed by atoms with van der Waals surface area (Å²) in [4.78, 5) is 37.2. The van der Waals surface area contributed by atoms with Gasteiger partial charge in [-0.1, -0.05) is 20.8 Å². The van der Waals surface area contributed by atoms with Crippen LogP contribution in [-0.2, 0) is 9.53 Å². The summed E-state index contributed by atoms with van der Waals surface area (Å²) in [5.74, 6) is 1.38. The largest absolute Gasteiger partial charge is 0.477 e. The number of primary amides is 1. The second-order valence-electron chi connectivity index (χ2n) is 12.4. The number of carbonyl (C=O) groups excluding carboxylic acids is 3. The Morgan fingerprint density at radius 1 is 1.24 bits per heavy atom. The highest BCUT2D eigenvalue weighted by Gasteiger charge is 2.57. The number of nitrogens with two attached hydrogens (primary N) is 1. The van der Waals surface area contributed by atoms with Crippen molar-refractivity contribution in [2.45, 2.75) is 96.7 Å². The van der Waals surface area contributed by atoms with Crippen molar-refractivity contribution >= 4 is 24.1 Å². The van der Waals surface area contributed by atoms with E-state index in [4.69, 9.17) is 15.2 Å². The molecule has 0 spiro atoms. The maximum atomic E-state index is 13.6. The van der Waals surface area contributed by atoms with Crippen molar-refractivity contribution < 1.29 is 23.9 Å². The summed E-state index contributed by atoms with van der Waals surface area (Å²) in [7, 11) is 0. The fourth-order valence-corrected chi connectivity index (χ4v) is 6.70. The van der Waals surface area contributed by atoms with E-state index >= 15 is 0 Å². The molecule has 2 unspecified atom stereocenters. The molecule has 4 bridgehead atoms. The first kappa shape index (κ1) is 28.0. The van der Waals surface area contributed by atoms with Crippen LogP contribution in [0.3, 0.4) is 0 Å². The van der Waals surface area contributed by atoms with Crippen LogP contribution in [0.2, 0.25) is 0 Å². The Hall–Kier alpha value is -3.04. The van der Waals surface area contributed by atoms with Gasteiger partial charge in [-0.2, -0.15) is 5.10 Å². The quantitative estimate of drug-likeness (QED) is 0.398. The van der Waals surface area contributed by atoms with E-state index in [9.17, 15) is 14.4 Å². The van der Waals surface area contributed by atoms with Crippen LogP contribution in [0.25, 0.3) is 6.20 Å². The number of nitrogens with zero attached hydrogens (tertiary/aromatic N) is 2. The lowest BCUT2D eigenvalue weighted by Crippen LogP contribution is -2.63. The Bertz CT molecular complexity index is 1060. The van der Waals surface area contributed by atoms with Gasteiger partial charge in [-0.3, -0.25) is 9.59 Å². The zero-order chi connectivity index (χ0) is 27.7. The Labute approximate surface area is 225 Å². The monoisotopic (exact) mass is 529 g/mol. The molecule has 38 heavy (non-hydrogen) atoms. The molecule has 0 aliphatic heterocycles. The normalized spacial score (nSPS) is 28.1. The van der Waals surface area contributed by atoms with E-state index in [-0.39, 0.29) is 35.6 Å². The van der Waals surface area contributed by atoms with Crippen LogP contribution < -0.4 is 21.1 Å². The van der Waals surface area contributed by atoms with Crippen LogP contribution in [0.5, 0.6) is 5.88 Å². The summed E-state index contributed by atoms with van der Waals surface area (Å²) in [6.45, 7) is 10.3. The van der Waals surface area contributed by atoms with Gasteiger partial charge in [-0.25, -0.2) is 9.48 Å². The van der Waals surface area contributed by atoms with Crippen molar-refractivity contribution in [1.29, 1.82) is 0 Å². The Kier molecular flexibility index (Phi) is 8.09. The SMILES string of the molecule is CCCC(=O)NC(C)(C)/C=C/n1ncc(C(=O)NC2C3CC4CC2CC(OC(N)=O)(C4)C3)c1OCC(C)C. The zero-order valence-electron chi connectivity index (χ0n) is 23.3. The molecular weight excluding hydrogens is 486 g/mol. The smallest absolute Gasteiger partial charge is 0.405 e. The van der Waals surface area contributed by atoms with E-state index < -0.39 is 17.2 Å². The predicted molar refractivity (Wildman–Crippen MR) is 143 cm³/mol. The molecule has 4 aliphatic carbocycles. The molecule has 3 amide bonds. The molecule has 0 saturated heterocycles. The maximum Gasteiger partial charge on any atom is 0.405 e. The van der Waals surface area contributed by atoms with Gasteiger partial charge in [0.05, 0.1) is 18.3 Å². The summed E-state index contributed by atoms with van der Waals surface area (Å²) >= 11 is 0. The van der Waals surface area contributed by atoms with Crippen molar-refractivity contribution in [1.82, 2.24) is 20.4 Å². The number of nitrogens with one attached hydrogen (secondary N) is 2. The second-order valence-corrected chi connectivity index (χ2v) is 12.4. The van der Waals surface area contributed by atoms with E-state index in [1.165, 1.54) is 6.20 Å². The van der Waals surface area contributed by atoms with Crippen LogP contribution in [0.4, 0.5) is 4.79 Å². The zero-order valence-corrected chi connectivity index (χ0v) is 23.3. The molecule has 4 aliphatic rings. The minimum Gasteiger partial charge on any atom is -0.477 e. The molecule has 1 aromatic rings. The fourth-order valence-electron chi connectivity index (χ4n) is 6.70. The number of hydrogen-bond acceptors (Lipinski definition) is 6. The standard InChI is InChI=1S/C28H43N5O5/c1-6-7-22(34)32-27(4,5)8-9-33-25(37-16-17(2)3)21(15-30-33)24(35)31-23-19-10-18-11-20(23)14-28(12-18,13-19)38-26(29)36/h8-9,15,17-20,23H,6-7,10-14,16H2,1-5H3,(H2,29,36)(H,31,35)(H,32,34)/b9-8+. The molecular formula is C28H43N5O5. The molecule has 0 radical (unpaired) electrons. The summed E-state index contributed by atoms with van der Waals surface area (Å²) in [6, 6.07) is 0.00760. The summed E-state index contributed by atoms with van der Waals surface area (Å²) in [5.41, 5.74) is 4.68. The van der Waals surface area contributed by atoms with Crippen molar-refractivity contribution in [2.24, 2.45) is 29.4 Å². The average Bonchev–Trinajstić information content (AvgIpc) is 3.20. The van der Waals surface area contributed by atoms with Crippen molar-refractivity contribution in [3.05, 3.63) is 17.8 Å². The van der Waals surface area contributed by atoms with Gasteiger partial charge in [0.2, 0.25) is 11.8 Å². The highest BCUT2D eigenvalue weighted by Crippen LogP contribution is 2.57. The third-order valence-corrected chi connectivity index (χ3v) is 7.95. The van der Waals surface area contributed by atoms with E-state index in [2.05, 4.69) is 15.7 Å². The molecule has 210 valence electrons. The number of amides is 3. The molecule has 10 nitrogen and oxygen atoms in total. The highest BCUT2D eigenvalue weighted by molar-refractivity contribution is 5.96.